The van der Waals surface area contributed by atoms with Gasteiger partial charge in [0, 0.05) is 19.7 Å². The Morgan fingerprint density at radius 2 is 2.16 bits per heavy atom. The second kappa shape index (κ2) is 9.32. The molecule has 0 heterocycles. The average molecular weight is 270 g/mol. The summed E-state index contributed by atoms with van der Waals surface area (Å²) >= 11 is 0. The second-order valence-corrected chi connectivity index (χ2v) is 6.08. The molecule has 0 aromatic heterocycles. The van der Waals surface area contributed by atoms with Crippen LogP contribution >= 0.6 is 0 Å². The van der Waals surface area contributed by atoms with Crippen LogP contribution in [0.15, 0.2) is 0 Å². The molecule has 0 radical (unpaired) electrons. The molecule has 1 aliphatic carbocycles. The summed E-state index contributed by atoms with van der Waals surface area (Å²) in [4.78, 5) is 11.6. The van der Waals surface area contributed by atoms with Crippen LogP contribution in [0.1, 0.15) is 46.0 Å². The number of amides is 1. The molecule has 1 saturated carbocycles. The van der Waals surface area contributed by atoms with E-state index in [1.807, 2.05) is 0 Å². The predicted octanol–water partition coefficient (Wildman–Crippen LogP) is 1.94. The van der Waals surface area contributed by atoms with Gasteiger partial charge in [0.2, 0.25) is 5.91 Å². The number of methoxy groups -OCH3 is 1. The van der Waals surface area contributed by atoms with Crippen LogP contribution in [-0.4, -0.2) is 38.8 Å². The summed E-state index contributed by atoms with van der Waals surface area (Å²) in [6, 6.07) is 0.519. The number of nitrogens with one attached hydrogen (secondary N) is 2. The summed E-state index contributed by atoms with van der Waals surface area (Å²) < 4.78 is 4.90. The van der Waals surface area contributed by atoms with Crippen molar-refractivity contribution in [3.05, 3.63) is 0 Å². The van der Waals surface area contributed by atoms with Crippen LogP contribution in [0.2, 0.25) is 0 Å². The minimum Gasteiger partial charge on any atom is -0.383 e. The third-order valence-corrected chi connectivity index (χ3v) is 3.77. The van der Waals surface area contributed by atoms with E-state index in [-0.39, 0.29) is 5.91 Å². The van der Waals surface area contributed by atoms with E-state index in [1.54, 1.807) is 7.11 Å². The van der Waals surface area contributed by atoms with E-state index in [0.29, 0.717) is 25.7 Å². The highest BCUT2D eigenvalue weighted by atomic mass is 16.5. The molecular formula is C15H30N2O2. The van der Waals surface area contributed by atoms with Crippen molar-refractivity contribution >= 4 is 5.91 Å². The molecule has 0 saturated heterocycles. The van der Waals surface area contributed by atoms with Gasteiger partial charge in [-0.05, 0) is 31.1 Å². The van der Waals surface area contributed by atoms with E-state index in [9.17, 15) is 4.79 Å². The molecule has 4 nitrogen and oxygen atoms in total. The monoisotopic (exact) mass is 270 g/mol. The van der Waals surface area contributed by atoms with Crippen LogP contribution in [0.5, 0.6) is 0 Å². The summed E-state index contributed by atoms with van der Waals surface area (Å²) in [5.74, 6) is 1.69. The molecule has 0 aromatic carbocycles. The molecular weight excluding hydrogens is 240 g/mol. The number of carbonyl (C=O) groups excluding carboxylic acids is 1. The fourth-order valence-electron chi connectivity index (χ4n) is 2.95. The van der Waals surface area contributed by atoms with Gasteiger partial charge in [-0.15, -0.1) is 0 Å². The maximum atomic E-state index is 11.6. The Hall–Kier alpha value is -0.610. The number of carbonyl (C=O) groups is 1. The van der Waals surface area contributed by atoms with Crippen LogP contribution in [0, 0.1) is 11.8 Å². The molecule has 0 aliphatic heterocycles. The standard InChI is InChI=1S/C15H30N2O2/c1-12(2)9-13-5-4-6-14(10-13)17-11-15(18)16-7-8-19-3/h12-14,17H,4-11H2,1-3H3,(H,16,18). The van der Waals surface area contributed by atoms with E-state index in [0.717, 1.165) is 11.8 Å². The lowest BCUT2D eigenvalue weighted by molar-refractivity contribution is -0.120. The molecule has 1 aliphatic rings. The maximum Gasteiger partial charge on any atom is 0.234 e. The largest absolute Gasteiger partial charge is 0.383 e. The fourth-order valence-corrected chi connectivity index (χ4v) is 2.95. The van der Waals surface area contributed by atoms with Gasteiger partial charge in [-0.1, -0.05) is 26.7 Å². The minimum atomic E-state index is 0.0723. The van der Waals surface area contributed by atoms with E-state index in [4.69, 9.17) is 4.74 Å². The van der Waals surface area contributed by atoms with Crippen molar-refractivity contribution in [1.82, 2.24) is 10.6 Å². The lowest BCUT2D eigenvalue weighted by atomic mass is 9.81. The van der Waals surface area contributed by atoms with Gasteiger partial charge in [-0.25, -0.2) is 0 Å². The Balaban J connectivity index is 2.16. The van der Waals surface area contributed by atoms with Gasteiger partial charge >= 0.3 is 0 Å². The van der Waals surface area contributed by atoms with Gasteiger partial charge in [-0.2, -0.15) is 0 Å². The Labute approximate surface area is 117 Å². The maximum absolute atomic E-state index is 11.6. The van der Waals surface area contributed by atoms with Crippen molar-refractivity contribution in [1.29, 1.82) is 0 Å². The van der Waals surface area contributed by atoms with Crippen molar-refractivity contribution in [3.8, 4) is 0 Å². The first kappa shape index (κ1) is 16.4. The van der Waals surface area contributed by atoms with E-state index in [1.165, 1.54) is 32.1 Å². The van der Waals surface area contributed by atoms with Crippen LogP contribution in [0.4, 0.5) is 0 Å². The smallest absolute Gasteiger partial charge is 0.234 e. The number of rotatable bonds is 8. The zero-order valence-corrected chi connectivity index (χ0v) is 12.7. The van der Waals surface area contributed by atoms with E-state index in [2.05, 4.69) is 24.5 Å². The fraction of sp³-hybridized carbons (Fsp3) is 0.933. The number of ether oxygens (including phenoxy) is 1. The van der Waals surface area contributed by atoms with Crippen molar-refractivity contribution in [3.63, 3.8) is 0 Å². The van der Waals surface area contributed by atoms with Crippen LogP contribution in [-0.2, 0) is 9.53 Å². The topological polar surface area (TPSA) is 50.4 Å². The summed E-state index contributed by atoms with van der Waals surface area (Å²) in [6.45, 7) is 6.19. The number of hydrogen-bond donors (Lipinski definition) is 2. The molecule has 2 unspecified atom stereocenters. The third-order valence-electron chi connectivity index (χ3n) is 3.77. The highest BCUT2D eigenvalue weighted by Gasteiger charge is 2.22. The number of hydrogen-bond acceptors (Lipinski definition) is 3. The molecule has 112 valence electrons. The zero-order chi connectivity index (χ0) is 14.1. The molecule has 1 amide bonds. The predicted molar refractivity (Wildman–Crippen MR) is 78.1 cm³/mol. The Morgan fingerprint density at radius 1 is 1.37 bits per heavy atom. The normalized spacial score (nSPS) is 23.6. The van der Waals surface area contributed by atoms with Gasteiger partial charge in [0.15, 0.2) is 0 Å². The highest BCUT2D eigenvalue weighted by Crippen LogP contribution is 2.29. The first-order valence-electron chi connectivity index (χ1n) is 7.60. The van der Waals surface area contributed by atoms with Crippen molar-refractivity contribution in [2.75, 3.05) is 26.8 Å². The molecule has 19 heavy (non-hydrogen) atoms. The first-order chi connectivity index (χ1) is 9.11. The molecule has 4 heteroatoms. The summed E-state index contributed by atoms with van der Waals surface area (Å²) in [5.41, 5.74) is 0. The van der Waals surface area contributed by atoms with Gasteiger partial charge < -0.3 is 15.4 Å². The summed E-state index contributed by atoms with van der Waals surface area (Å²) in [5, 5.41) is 6.24. The zero-order valence-electron chi connectivity index (χ0n) is 12.7. The van der Waals surface area contributed by atoms with Crippen molar-refractivity contribution in [2.24, 2.45) is 11.8 Å². The van der Waals surface area contributed by atoms with E-state index < -0.39 is 0 Å². The average Bonchev–Trinajstić information content (AvgIpc) is 2.36. The molecule has 1 rings (SSSR count). The highest BCUT2D eigenvalue weighted by molar-refractivity contribution is 5.77. The van der Waals surface area contributed by atoms with Gasteiger partial charge in [0.1, 0.15) is 0 Å². The SMILES string of the molecule is COCCNC(=O)CNC1CCCC(CC(C)C)C1. The van der Waals surface area contributed by atoms with Gasteiger partial charge in [-0.3, -0.25) is 4.79 Å². The Kier molecular flexibility index (Phi) is 8.07. The van der Waals surface area contributed by atoms with Gasteiger partial charge in [0.25, 0.3) is 0 Å². The van der Waals surface area contributed by atoms with Crippen molar-refractivity contribution in [2.45, 2.75) is 52.0 Å². The Morgan fingerprint density at radius 3 is 2.84 bits per heavy atom. The Bertz CT molecular complexity index is 257. The van der Waals surface area contributed by atoms with Crippen LogP contribution in [0.3, 0.4) is 0 Å². The molecule has 0 aromatic rings. The molecule has 2 atom stereocenters. The molecule has 2 N–H and O–H groups in total. The van der Waals surface area contributed by atoms with Crippen LogP contribution in [0.25, 0.3) is 0 Å². The quantitative estimate of drug-likeness (QED) is 0.663. The lowest BCUT2D eigenvalue weighted by Gasteiger charge is -2.30. The molecule has 1 fully saturated rings. The summed E-state index contributed by atoms with van der Waals surface area (Å²) in [7, 11) is 1.64. The lowest BCUT2D eigenvalue weighted by Crippen LogP contribution is -2.42. The second-order valence-electron chi connectivity index (χ2n) is 6.08. The molecule has 0 spiro atoms. The summed E-state index contributed by atoms with van der Waals surface area (Å²) in [6.07, 6.45) is 6.40. The first-order valence-corrected chi connectivity index (χ1v) is 7.60. The third kappa shape index (κ3) is 7.53. The van der Waals surface area contributed by atoms with E-state index >= 15 is 0 Å². The van der Waals surface area contributed by atoms with Crippen LogP contribution < -0.4 is 10.6 Å². The van der Waals surface area contributed by atoms with Crippen molar-refractivity contribution < 1.29 is 9.53 Å². The minimum absolute atomic E-state index is 0.0723. The van der Waals surface area contributed by atoms with Gasteiger partial charge in [0.05, 0.1) is 13.2 Å². The molecule has 0 bridgehead atoms.